The van der Waals surface area contributed by atoms with E-state index < -0.39 is 29.9 Å². The van der Waals surface area contributed by atoms with Crippen LogP contribution in [0.5, 0.6) is 0 Å². The van der Waals surface area contributed by atoms with E-state index in [1.807, 2.05) is 0 Å². The molecule has 6 nitrogen and oxygen atoms in total. The van der Waals surface area contributed by atoms with E-state index in [0.29, 0.717) is 0 Å². The Bertz CT molecular complexity index is 293. The molecule has 2 fully saturated rings. The quantitative estimate of drug-likeness (QED) is 0.443. The average molecular weight is 293 g/mol. The summed E-state index contributed by atoms with van der Waals surface area (Å²) in [5, 5.41) is 38.8. The molecule has 7 heteroatoms. The molecule has 1 aliphatic heterocycles. The molecule has 1 aliphatic carbocycles. The largest absolute Gasteiger partial charge is 0.394 e. The van der Waals surface area contributed by atoms with Crippen molar-refractivity contribution in [3.05, 3.63) is 0 Å². The van der Waals surface area contributed by atoms with Crippen LogP contribution in [0.25, 0.3) is 0 Å². The van der Waals surface area contributed by atoms with Crippen LogP contribution >= 0.6 is 11.8 Å². The van der Waals surface area contributed by atoms with E-state index in [9.17, 15) is 15.3 Å². The normalized spacial score (nSPS) is 48.2. The highest BCUT2D eigenvalue weighted by atomic mass is 32.2. The molecule has 2 rings (SSSR count). The first-order valence-corrected chi connectivity index (χ1v) is 7.68. The summed E-state index contributed by atoms with van der Waals surface area (Å²) in [6.07, 6.45) is -0.616. The van der Waals surface area contributed by atoms with Gasteiger partial charge in [-0.2, -0.15) is 0 Å². The molecule has 5 unspecified atom stereocenters. The van der Waals surface area contributed by atoms with E-state index in [0.717, 1.165) is 25.7 Å². The summed E-state index contributed by atoms with van der Waals surface area (Å²) in [6, 6.07) is 0.177. The minimum absolute atomic E-state index is 0.177. The van der Waals surface area contributed by atoms with Gasteiger partial charge >= 0.3 is 0 Å². The predicted octanol–water partition coefficient (Wildman–Crippen LogP) is -1.21. The number of aliphatic hydroxyl groups excluding tert-OH is 4. The van der Waals surface area contributed by atoms with Crippen LogP contribution in [0.4, 0.5) is 0 Å². The van der Waals surface area contributed by atoms with Crippen LogP contribution in [0.1, 0.15) is 25.7 Å². The molecule has 0 amide bonds. The number of ether oxygens (including phenoxy) is 1. The summed E-state index contributed by atoms with van der Waals surface area (Å²) >= 11 is 1.44. The van der Waals surface area contributed by atoms with Gasteiger partial charge in [-0.25, -0.2) is 0 Å². The summed E-state index contributed by atoms with van der Waals surface area (Å²) in [4.78, 5) is 0. The monoisotopic (exact) mass is 293 g/mol. The van der Waals surface area contributed by atoms with Gasteiger partial charge < -0.3 is 30.9 Å². The lowest BCUT2D eigenvalue weighted by Gasteiger charge is -2.41. The topological polar surface area (TPSA) is 116 Å². The van der Waals surface area contributed by atoms with Crippen LogP contribution in [0.2, 0.25) is 0 Å². The molecule has 2 aliphatic rings. The fraction of sp³-hybridized carbons (Fsp3) is 1.00. The van der Waals surface area contributed by atoms with Gasteiger partial charge in [-0.3, -0.25) is 0 Å². The van der Waals surface area contributed by atoms with Crippen molar-refractivity contribution in [2.24, 2.45) is 5.73 Å². The molecule has 0 bridgehead atoms. The maximum Gasteiger partial charge on any atom is 0.132 e. The van der Waals surface area contributed by atoms with Gasteiger partial charge in [-0.1, -0.05) is 6.42 Å². The number of rotatable bonds is 3. The van der Waals surface area contributed by atoms with E-state index in [2.05, 4.69) is 0 Å². The van der Waals surface area contributed by atoms with E-state index in [-0.39, 0.29) is 17.9 Å². The summed E-state index contributed by atoms with van der Waals surface area (Å²) < 4.78 is 5.48. The summed E-state index contributed by atoms with van der Waals surface area (Å²) in [5.74, 6) is 0. The first-order chi connectivity index (χ1) is 9.02. The second-order valence-corrected chi connectivity index (χ2v) is 6.79. The van der Waals surface area contributed by atoms with Gasteiger partial charge in [0.2, 0.25) is 0 Å². The lowest BCUT2D eigenvalue weighted by atomic mass is 9.96. The molecule has 0 spiro atoms. The third kappa shape index (κ3) is 3.60. The van der Waals surface area contributed by atoms with E-state index >= 15 is 0 Å². The molecular formula is C12H23NO5S. The zero-order valence-corrected chi connectivity index (χ0v) is 11.6. The third-order valence-corrected chi connectivity index (χ3v) is 5.31. The Labute approximate surface area is 116 Å². The number of thioether (sulfide) groups is 1. The highest BCUT2D eigenvalue weighted by Gasteiger charge is 2.44. The Morgan fingerprint density at radius 1 is 1.11 bits per heavy atom. The van der Waals surface area contributed by atoms with E-state index in [4.69, 9.17) is 15.6 Å². The third-order valence-electron chi connectivity index (χ3n) is 3.84. The van der Waals surface area contributed by atoms with Crippen molar-refractivity contribution in [3.63, 3.8) is 0 Å². The molecule has 7 atom stereocenters. The molecule has 0 aromatic heterocycles. The van der Waals surface area contributed by atoms with Crippen molar-refractivity contribution in [1.82, 2.24) is 0 Å². The van der Waals surface area contributed by atoms with Crippen molar-refractivity contribution in [2.45, 2.75) is 66.8 Å². The number of aliphatic hydroxyl groups is 4. The van der Waals surface area contributed by atoms with Crippen LogP contribution in [0.3, 0.4) is 0 Å². The lowest BCUT2D eigenvalue weighted by molar-refractivity contribution is -0.205. The second kappa shape index (κ2) is 6.71. The minimum atomic E-state index is -1.29. The maximum absolute atomic E-state index is 9.95. The second-order valence-electron chi connectivity index (χ2n) is 5.38. The van der Waals surface area contributed by atoms with Gasteiger partial charge in [0.15, 0.2) is 0 Å². The van der Waals surface area contributed by atoms with E-state index in [1.165, 1.54) is 11.8 Å². The molecule has 1 saturated carbocycles. The Hall–Kier alpha value is 0.110. The molecule has 1 heterocycles. The van der Waals surface area contributed by atoms with Crippen molar-refractivity contribution in [2.75, 3.05) is 6.61 Å². The van der Waals surface area contributed by atoms with Crippen LogP contribution in [-0.2, 0) is 4.74 Å². The summed E-state index contributed by atoms with van der Waals surface area (Å²) in [6.45, 7) is -0.383. The Morgan fingerprint density at radius 3 is 2.47 bits per heavy atom. The van der Waals surface area contributed by atoms with Gasteiger partial charge in [0.05, 0.1) is 6.61 Å². The van der Waals surface area contributed by atoms with Crippen molar-refractivity contribution >= 4 is 11.8 Å². The number of hydrogen-bond donors (Lipinski definition) is 5. The van der Waals surface area contributed by atoms with Gasteiger partial charge in [0.25, 0.3) is 0 Å². The van der Waals surface area contributed by atoms with E-state index in [1.54, 1.807) is 0 Å². The van der Waals surface area contributed by atoms with Crippen LogP contribution in [0, 0.1) is 0 Å². The molecule has 19 heavy (non-hydrogen) atoms. The Kier molecular flexibility index (Phi) is 5.47. The standard InChI is InChI=1S/C12H23NO5S/c13-6-2-1-3-7(4-6)19-12-11(17)10(16)9(15)8(5-14)18-12/h6-12,14-17H,1-5,13H2/t6?,7?,8?,9-,10?,11?,12-/m0/s1. The average Bonchev–Trinajstić information content (AvgIpc) is 2.39. The molecule has 112 valence electrons. The minimum Gasteiger partial charge on any atom is -0.394 e. The highest BCUT2D eigenvalue weighted by Crippen LogP contribution is 2.36. The summed E-state index contributed by atoms with van der Waals surface area (Å²) in [7, 11) is 0. The van der Waals surface area contributed by atoms with Crippen molar-refractivity contribution < 1.29 is 25.2 Å². The molecule has 0 aromatic carbocycles. The predicted molar refractivity (Wildman–Crippen MR) is 71.6 cm³/mol. The zero-order chi connectivity index (χ0) is 14.0. The molecule has 0 radical (unpaired) electrons. The molecule has 1 saturated heterocycles. The van der Waals surface area contributed by atoms with Gasteiger partial charge in [0.1, 0.15) is 29.9 Å². The highest BCUT2D eigenvalue weighted by molar-refractivity contribution is 8.00. The number of hydrogen-bond acceptors (Lipinski definition) is 7. The van der Waals surface area contributed by atoms with Crippen LogP contribution < -0.4 is 5.73 Å². The first-order valence-electron chi connectivity index (χ1n) is 6.74. The Balaban J connectivity index is 1.94. The van der Waals surface area contributed by atoms with Gasteiger partial charge in [0, 0.05) is 11.3 Å². The lowest BCUT2D eigenvalue weighted by Crippen LogP contribution is -2.57. The zero-order valence-electron chi connectivity index (χ0n) is 10.8. The van der Waals surface area contributed by atoms with Gasteiger partial charge in [-0.05, 0) is 19.3 Å². The maximum atomic E-state index is 9.95. The number of nitrogens with two attached hydrogens (primary N) is 1. The fourth-order valence-electron chi connectivity index (χ4n) is 2.67. The van der Waals surface area contributed by atoms with Crippen molar-refractivity contribution in [1.29, 1.82) is 0 Å². The SMILES string of the molecule is NC1CCCC(S[C@@H]2OC(CO)[C@H](O)C(O)C2O)C1. The van der Waals surface area contributed by atoms with Crippen LogP contribution in [-0.4, -0.2) is 68.2 Å². The molecule has 0 aromatic rings. The smallest absolute Gasteiger partial charge is 0.132 e. The summed E-state index contributed by atoms with van der Waals surface area (Å²) in [5.41, 5.74) is 5.29. The first kappa shape index (κ1) is 15.5. The van der Waals surface area contributed by atoms with Crippen LogP contribution in [0.15, 0.2) is 0 Å². The van der Waals surface area contributed by atoms with Crippen molar-refractivity contribution in [3.8, 4) is 0 Å². The van der Waals surface area contributed by atoms with Gasteiger partial charge in [-0.15, -0.1) is 11.8 Å². The Morgan fingerprint density at radius 2 is 1.84 bits per heavy atom. The molecular weight excluding hydrogens is 270 g/mol. The fourth-order valence-corrected chi connectivity index (χ4v) is 4.24. The molecule has 6 N–H and O–H groups in total.